The zero-order valence-electron chi connectivity index (χ0n) is 15.2. The molecule has 0 aliphatic carbocycles. The second kappa shape index (κ2) is 8.60. The molecule has 4 nitrogen and oxygen atoms in total. The Morgan fingerprint density at radius 2 is 1.62 bits per heavy atom. The number of hydrogen-bond donors (Lipinski definition) is 1. The molecule has 2 aromatic carbocycles. The average Bonchev–Trinajstić information content (AvgIpc) is 2.69. The minimum Gasteiger partial charge on any atom is -0.497 e. The summed E-state index contributed by atoms with van der Waals surface area (Å²) in [4.78, 5) is 14.9. The van der Waals surface area contributed by atoms with Crippen molar-refractivity contribution in [1.82, 2.24) is 4.90 Å². The maximum absolute atomic E-state index is 11.3. The second-order valence-corrected chi connectivity index (χ2v) is 7.48. The van der Waals surface area contributed by atoms with Gasteiger partial charge in [0.25, 0.3) is 0 Å². The van der Waals surface area contributed by atoms with Crippen LogP contribution >= 0.6 is 11.8 Å². The van der Waals surface area contributed by atoms with Crippen LogP contribution in [0.4, 0.5) is 0 Å². The number of aliphatic carboxylic acids is 1. The fourth-order valence-electron chi connectivity index (χ4n) is 3.59. The van der Waals surface area contributed by atoms with Gasteiger partial charge in [-0.3, -0.25) is 9.69 Å². The molecule has 5 heteroatoms. The number of benzene rings is 2. The quantitative estimate of drug-likeness (QED) is 0.767. The molecule has 1 aliphatic heterocycles. The Hall–Kier alpha value is -1.98. The normalized spacial score (nSPS) is 17.0. The molecule has 3 rings (SSSR count). The van der Waals surface area contributed by atoms with E-state index in [2.05, 4.69) is 47.6 Å². The van der Waals surface area contributed by atoms with Gasteiger partial charge in [0.05, 0.1) is 19.1 Å². The topological polar surface area (TPSA) is 49.8 Å². The molecule has 1 aliphatic rings. The summed E-state index contributed by atoms with van der Waals surface area (Å²) in [6.07, 6.45) is 3.47. The molecule has 138 valence electrons. The van der Waals surface area contributed by atoms with Crippen molar-refractivity contribution in [2.24, 2.45) is 5.92 Å². The number of carboxylic acid groups (broad SMARTS) is 1. The van der Waals surface area contributed by atoms with Crippen LogP contribution in [-0.4, -0.2) is 42.4 Å². The maximum Gasteiger partial charge on any atom is 0.306 e. The minimum atomic E-state index is -0.671. The maximum atomic E-state index is 11.3. The highest BCUT2D eigenvalue weighted by atomic mass is 32.2. The van der Waals surface area contributed by atoms with Gasteiger partial charge in [-0.1, -0.05) is 24.3 Å². The van der Waals surface area contributed by atoms with E-state index in [-0.39, 0.29) is 12.0 Å². The molecule has 26 heavy (non-hydrogen) atoms. The highest BCUT2D eigenvalue weighted by Crippen LogP contribution is 2.34. The number of ether oxygens (including phenoxy) is 1. The molecular weight excluding hydrogens is 346 g/mol. The molecule has 0 saturated carbocycles. The van der Waals surface area contributed by atoms with Gasteiger partial charge >= 0.3 is 5.97 Å². The first kappa shape index (κ1) is 18.8. The van der Waals surface area contributed by atoms with E-state index in [0.717, 1.165) is 18.8 Å². The first-order chi connectivity index (χ1) is 12.6. The lowest BCUT2D eigenvalue weighted by molar-refractivity contribution is -0.143. The molecule has 0 radical (unpaired) electrons. The molecular formula is C21H25NO3S. The van der Waals surface area contributed by atoms with Crippen molar-refractivity contribution in [1.29, 1.82) is 0 Å². The molecule has 0 bridgehead atoms. The molecule has 0 amide bonds. The van der Waals surface area contributed by atoms with Gasteiger partial charge in [0.15, 0.2) is 0 Å². The van der Waals surface area contributed by atoms with E-state index in [1.807, 2.05) is 12.1 Å². The summed E-state index contributed by atoms with van der Waals surface area (Å²) >= 11 is 1.73. The third-order valence-corrected chi connectivity index (χ3v) is 5.85. The number of methoxy groups -OCH3 is 1. The standard InChI is InChI=1S/C21H25NO3S/c1-25-18-7-3-15(4-8-18)20(16-5-9-19(26-2)10-6-16)22-13-11-17(12-14-22)21(23)24/h3-10,17,20H,11-14H2,1-2H3,(H,23,24). The van der Waals surface area contributed by atoms with Crippen molar-refractivity contribution < 1.29 is 14.6 Å². The van der Waals surface area contributed by atoms with Gasteiger partial charge in [-0.25, -0.2) is 0 Å². The van der Waals surface area contributed by atoms with Crippen LogP contribution in [0.25, 0.3) is 0 Å². The highest BCUT2D eigenvalue weighted by Gasteiger charge is 2.30. The summed E-state index contributed by atoms with van der Waals surface area (Å²) in [6.45, 7) is 1.58. The summed E-state index contributed by atoms with van der Waals surface area (Å²) in [7, 11) is 1.67. The van der Waals surface area contributed by atoms with Gasteiger partial charge in [0.1, 0.15) is 5.75 Å². The van der Waals surface area contributed by atoms with Crippen LogP contribution in [-0.2, 0) is 4.79 Å². The third-order valence-electron chi connectivity index (χ3n) is 5.11. The smallest absolute Gasteiger partial charge is 0.306 e. The fraction of sp³-hybridized carbons (Fsp3) is 0.381. The Labute approximate surface area is 159 Å². The fourth-order valence-corrected chi connectivity index (χ4v) is 4.00. The monoisotopic (exact) mass is 371 g/mol. The van der Waals surface area contributed by atoms with Crippen LogP contribution in [0.15, 0.2) is 53.4 Å². The Balaban J connectivity index is 1.89. The number of likely N-dealkylation sites (tertiary alicyclic amines) is 1. The molecule has 2 aromatic rings. The SMILES string of the molecule is COc1ccc(C(c2ccc(SC)cc2)N2CCC(C(=O)O)CC2)cc1. The number of nitrogens with zero attached hydrogens (tertiary/aromatic N) is 1. The van der Waals surface area contributed by atoms with E-state index < -0.39 is 5.97 Å². The van der Waals surface area contributed by atoms with Crippen LogP contribution < -0.4 is 4.74 Å². The predicted molar refractivity (Wildman–Crippen MR) is 105 cm³/mol. The lowest BCUT2D eigenvalue weighted by Crippen LogP contribution is -2.39. The highest BCUT2D eigenvalue weighted by molar-refractivity contribution is 7.98. The molecule has 0 spiro atoms. The van der Waals surface area contributed by atoms with E-state index in [4.69, 9.17) is 4.74 Å². The van der Waals surface area contributed by atoms with Crippen molar-refractivity contribution in [3.8, 4) is 5.75 Å². The van der Waals surface area contributed by atoms with E-state index in [1.165, 1.54) is 16.0 Å². The number of carbonyl (C=O) groups is 1. The Morgan fingerprint density at radius 1 is 1.08 bits per heavy atom. The van der Waals surface area contributed by atoms with Gasteiger partial charge in [-0.2, -0.15) is 0 Å². The van der Waals surface area contributed by atoms with Crippen LogP contribution in [0.2, 0.25) is 0 Å². The molecule has 0 aromatic heterocycles. The van der Waals surface area contributed by atoms with Crippen LogP contribution in [0.3, 0.4) is 0 Å². The van der Waals surface area contributed by atoms with Gasteiger partial charge < -0.3 is 9.84 Å². The largest absolute Gasteiger partial charge is 0.497 e. The van der Waals surface area contributed by atoms with E-state index in [1.54, 1.807) is 18.9 Å². The summed E-state index contributed by atoms with van der Waals surface area (Å²) in [6, 6.07) is 17.0. The third kappa shape index (κ3) is 4.22. The zero-order valence-corrected chi connectivity index (χ0v) is 16.0. The number of rotatable bonds is 6. The van der Waals surface area contributed by atoms with Gasteiger partial charge in [-0.05, 0) is 67.6 Å². The summed E-state index contributed by atoms with van der Waals surface area (Å²) in [5.74, 6) is -0.0496. The summed E-state index contributed by atoms with van der Waals surface area (Å²) in [5, 5.41) is 9.28. The average molecular weight is 372 g/mol. The van der Waals surface area contributed by atoms with Crippen molar-refractivity contribution in [3.05, 3.63) is 59.7 Å². The molecule has 1 unspecified atom stereocenters. The lowest BCUT2D eigenvalue weighted by atomic mass is 9.91. The number of hydrogen-bond acceptors (Lipinski definition) is 4. The first-order valence-corrected chi connectivity index (χ1v) is 10.1. The molecule has 1 N–H and O–H groups in total. The van der Waals surface area contributed by atoms with Crippen molar-refractivity contribution in [2.45, 2.75) is 23.8 Å². The second-order valence-electron chi connectivity index (χ2n) is 6.60. The number of carboxylic acids is 1. The Morgan fingerprint density at radius 3 is 2.08 bits per heavy atom. The van der Waals surface area contributed by atoms with Gasteiger partial charge in [-0.15, -0.1) is 11.8 Å². The molecule has 1 fully saturated rings. The van der Waals surface area contributed by atoms with Crippen molar-refractivity contribution in [2.75, 3.05) is 26.5 Å². The summed E-state index contributed by atoms with van der Waals surface area (Å²) in [5.41, 5.74) is 2.44. The van der Waals surface area contributed by atoms with E-state index in [0.29, 0.717) is 12.8 Å². The molecule has 1 atom stereocenters. The molecule has 1 heterocycles. The Bertz CT molecular complexity index is 674. The van der Waals surface area contributed by atoms with E-state index in [9.17, 15) is 9.90 Å². The number of piperidine rings is 1. The first-order valence-electron chi connectivity index (χ1n) is 8.87. The Kier molecular flexibility index (Phi) is 6.22. The summed E-state index contributed by atoms with van der Waals surface area (Å²) < 4.78 is 5.29. The van der Waals surface area contributed by atoms with Crippen LogP contribution in [0, 0.1) is 5.92 Å². The van der Waals surface area contributed by atoms with Crippen molar-refractivity contribution in [3.63, 3.8) is 0 Å². The van der Waals surface area contributed by atoms with Gasteiger partial charge in [0, 0.05) is 4.90 Å². The van der Waals surface area contributed by atoms with Gasteiger partial charge in [0.2, 0.25) is 0 Å². The number of thioether (sulfide) groups is 1. The van der Waals surface area contributed by atoms with E-state index >= 15 is 0 Å². The zero-order chi connectivity index (χ0) is 18.5. The van der Waals surface area contributed by atoms with Crippen molar-refractivity contribution >= 4 is 17.7 Å². The minimum absolute atomic E-state index is 0.131. The van der Waals surface area contributed by atoms with Crippen LogP contribution in [0.5, 0.6) is 5.75 Å². The van der Waals surface area contributed by atoms with Crippen LogP contribution in [0.1, 0.15) is 30.0 Å². The predicted octanol–water partition coefficient (Wildman–Crippen LogP) is 4.30. The molecule has 1 saturated heterocycles. The lowest BCUT2D eigenvalue weighted by Gasteiger charge is -2.37.